The Kier molecular flexibility index (Phi) is 5.65. The minimum absolute atomic E-state index is 0.291. The van der Waals surface area contributed by atoms with Gasteiger partial charge in [-0.1, -0.05) is 23.5 Å². The average Bonchev–Trinajstić information content (AvgIpc) is 3.07. The fourth-order valence-electron chi connectivity index (χ4n) is 2.08. The number of anilines is 1. The molecule has 2 aromatic carbocycles. The van der Waals surface area contributed by atoms with E-state index in [9.17, 15) is 9.59 Å². The van der Waals surface area contributed by atoms with Gasteiger partial charge in [-0.2, -0.15) is 0 Å². The molecule has 26 heavy (non-hydrogen) atoms. The number of hydrogen-bond acceptors (Lipinski definition) is 7. The highest BCUT2D eigenvalue weighted by molar-refractivity contribution is 7.22. The molecule has 134 valence electrons. The molecule has 0 bridgehead atoms. The first-order valence-electron chi connectivity index (χ1n) is 7.72. The van der Waals surface area contributed by atoms with Crippen LogP contribution in [-0.2, 0) is 14.3 Å². The maximum Gasteiger partial charge on any atom is 0.344 e. The fraction of sp³-hybridized carbons (Fsp3) is 0.167. The van der Waals surface area contributed by atoms with Gasteiger partial charge in [0.15, 0.2) is 18.3 Å². The zero-order valence-corrected chi connectivity index (χ0v) is 14.7. The Morgan fingerprint density at radius 2 is 1.77 bits per heavy atom. The van der Waals surface area contributed by atoms with Gasteiger partial charge in [-0.05, 0) is 36.4 Å². The molecule has 3 aromatic rings. The number of rotatable bonds is 7. The average molecular weight is 372 g/mol. The van der Waals surface area contributed by atoms with Crippen molar-refractivity contribution in [3.63, 3.8) is 0 Å². The van der Waals surface area contributed by atoms with Crippen LogP contribution in [0.5, 0.6) is 11.5 Å². The first-order valence-corrected chi connectivity index (χ1v) is 8.53. The molecule has 3 rings (SSSR count). The van der Waals surface area contributed by atoms with Crippen LogP contribution in [0.15, 0.2) is 48.5 Å². The first kappa shape index (κ1) is 17.7. The lowest BCUT2D eigenvalue weighted by Crippen LogP contribution is -2.23. The van der Waals surface area contributed by atoms with Gasteiger partial charge in [0.25, 0.3) is 5.91 Å². The maximum atomic E-state index is 11.9. The Morgan fingerprint density at radius 1 is 1.04 bits per heavy atom. The van der Waals surface area contributed by atoms with Gasteiger partial charge in [-0.3, -0.25) is 10.1 Å². The van der Waals surface area contributed by atoms with Gasteiger partial charge in [0.05, 0.1) is 17.3 Å². The van der Waals surface area contributed by atoms with Gasteiger partial charge in [-0.25, -0.2) is 9.78 Å². The van der Waals surface area contributed by atoms with Crippen molar-refractivity contribution in [2.24, 2.45) is 0 Å². The molecule has 1 amide bonds. The normalized spacial score (nSPS) is 10.3. The molecule has 0 aliphatic carbocycles. The SMILES string of the molecule is COc1ccc(OCC(=O)OCC(=O)Nc2nc3ccccc3s2)cc1. The number of para-hydroxylation sites is 1. The lowest BCUT2D eigenvalue weighted by atomic mass is 10.3. The largest absolute Gasteiger partial charge is 0.497 e. The molecule has 7 nitrogen and oxygen atoms in total. The van der Waals surface area contributed by atoms with Crippen molar-refractivity contribution >= 4 is 38.6 Å². The molecule has 0 saturated carbocycles. The van der Waals surface area contributed by atoms with E-state index in [0.717, 1.165) is 10.2 Å². The number of nitrogens with one attached hydrogen (secondary N) is 1. The third-order valence-electron chi connectivity index (χ3n) is 3.32. The number of aromatic nitrogens is 1. The summed E-state index contributed by atoms with van der Waals surface area (Å²) in [7, 11) is 1.56. The number of fused-ring (bicyclic) bond motifs is 1. The summed E-state index contributed by atoms with van der Waals surface area (Å²) in [6.07, 6.45) is 0. The summed E-state index contributed by atoms with van der Waals surface area (Å²) < 4.78 is 16.2. The zero-order valence-electron chi connectivity index (χ0n) is 13.9. The molecule has 0 aliphatic rings. The predicted molar refractivity (Wildman–Crippen MR) is 97.7 cm³/mol. The maximum absolute atomic E-state index is 11.9. The van der Waals surface area contributed by atoms with Gasteiger partial charge in [0.2, 0.25) is 0 Å². The van der Waals surface area contributed by atoms with E-state index in [1.807, 2.05) is 24.3 Å². The van der Waals surface area contributed by atoms with Gasteiger partial charge in [-0.15, -0.1) is 0 Å². The van der Waals surface area contributed by atoms with Crippen molar-refractivity contribution in [1.82, 2.24) is 4.98 Å². The van der Waals surface area contributed by atoms with Crippen molar-refractivity contribution in [3.05, 3.63) is 48.5 Å². The standard InChI is InChI=1S/C18H16N2O5S/c1-23-12-6-8-13(9-7-12)24-11-17(22)25-10-16(21)20-18-19-14-4-2-3-5-15(14)26-18/h2-9H,10-11H2,1H3,(H,19,20,21). The van der Waals surface area contributed by atoms with Crippen molar-refractivity contribution in [3.8, 4) is 11.5 Å². The molecule has 8 heteroatoms. The van der Waals surface area contributed by atoms with E-state index < -0.39 is 18.5 Å². The van der Waals surface area contributed by atoms with Crippen LogP contribution < -0.4 is 14.8 Å². The van der Waals surface area contributed by atoms with Crippen molar-refractivity contribution in [2.45, 2.75) is 0 Å². The Bertz CT molecular complexity index is 874. The molecular formula is C18H16N2O5S. The topological polar surface area (TPSA) is 86.8 Å². The first-order chi connectivity index (χ1) is 12.6. The van der Waals surface area contributed by atoms with Crippen LogP contribution in [0.1, 0.15) is 0 Å². The van der Waals surface area contributed by atoms with E-state index >= 15 is 0 Å². The molecule has 0 fully saturated rings. The second-order valence-corrected chi connectivity index (χ2v) is 6.19. The number of thiazole rings is 1. The van der Waals surface area contributed by atoms with Crippen LogP contribution in [0.25, 0.3) is 10.2 Å². The molecular weight excluding hydrogens is 356 g/mol. The summed E-state index contributed by atoms with van der Waals surface area (Å²) in [6.45, 7) is -0.693. The van der Waals surface area contributed by atoms with Gasteiger partial charge >= 0.3 is 5.97 Å². The van der Waals surface area contributed by atoms with Crippen molar-refractivity contribution in [2.75, 3.05) is 25.6 Å². The molecule has 0 radical (unpaired) electrons. The van der Waals surface area contributed by atoms with Crippen LogP contribution in [0.3, 0.4) is 0 Å². The fourth-order valence-corrected chi connectivity index (χ4v) is 2.96. The third-order valence-corrected chi connectivity index (χ3v) is 4.27. The smallest absolute Gasteiger partial charge is 0.344 e. The highest BCUT2D eigenvalue weighted by Gasteiger charge is 2.11. The van der Waals surface area contributed by atoms with Crippen LogP contribution in [0, 0.1) is 0 Å². The number of esters is 1. The number of nitrogens with zero attached hydrogens (tertiary/aromatic N) is 1. The van der Waals surface area contributed by atoms with Crippen molar-refractivity contribution in [1.29, 1.82) is 0 Å². The number of carbonyl (C=O) groups excluding carboxylic acids is 2. The number of benzene rings is 2. The van der Waals surface area contributed by atoms with Crippen LogP contribution in [-0.4, -0.2) is 37.2 Å². The number of hydrogen-bond donors (Lipinski definition) is 1. The molecule has 1 N–H and O–H groups in total. The number of amides is 1. The van der Waals surface area contributed by atoms with Gasteiger partial charge in [0.1, 0.15) is 11.5 Å². The number of carbonyl (C=O) groups is 2. The summed E-state index contributed by atoms with van der Waals surface area (Å²) in [5.41, 5.74) is 0.803. The molecule has 0 spiro atoms. The Labute approximate surface area is 153 Å². The number of methoxy groups -OCH3 is 1. The van der Waals surface area contributed by atoms with E-state index in [1.54, 1.807) is 31.4 Å². The summed E-state index contributed by atoms with van der Waals surface area (Å²) in [4.78, 5) is 27.8. The molecule has 1 heterocycles. The molecule has 0 unspecified atom stereocenters. The second kappa shape index (κ2) is 8.30. The second-order valence-electron chi connectivity index (χ2n) is 5.16. The van der Waals surface area contributed by atoms with Gasteiger partial charge in [0, 0.05) is 0 Å². The van der Waals surface area contributed by atoms with E-state index in [-0.39, 0.29) is 6.61 Å². The third kappa shape index (κ3) is 4.70. The van der Waals surface area contributed by atoms with Crippen molar-refractivity contribution < 1.29 is 23.8 Å². The van der Waals surface area contributed by atoms with Crippen LogP contribution in [0.4, 0.5) is 5.13 Å². The van der Waals surface area contributed by atoms with E-state index in [4.69, 9.17) is 14.2 Å². The Hall–Kier alpha value is -3.13. The predicted octanol–water partition coefficient (Wildman–Crippen LogP) is 2.87. The summed E-state index contributed by atoms with van der Waals surface area (Å²) >= 11 is 1.35. The number of ether oxygens (including phenoxy) is 3. The van der Waals surface area contributed by atoms with Crippen LogP contribution in [0.2, 0.25) is 0 Å². The Morgan fingerprint density at radius 3 is 2.50 bits per heavy atom. The molecule has 0 aliphatic heterocycles. The molecule has 1 aromatic heterocycles. The van der Waals surface area contributed by atoms with E-state index in [2.05, 4.69) is 10.3 Å². The monoisotopic (exact) mass is 372 g/mol. The summed E-state index contributed by atoms with van der Waals surface area (Å²) in [6, 6.07) is 14.3. The minimum atomic E-state index is -0.639. The van der Waals surface area contributed by atoms with Gasteiger partial charge < -0.3 is 14.2 Å². The van der Waals surface area contributed by atoms with Crippen LogP contribution >= 0.6 is 11.3 Å². The summed E-state index contributed by atoms with van der Waals surface area (Å²) in [5.74, 6) is 0.0928. The highest BCUT2D eigenvalue weighted by atomic mass is 32.1. The highest BCUT2D eigenvalue weighted by Crippen LogP contribution is 2.25. The Balaban J connectivity index is 1.42. The van der Waals surface area contributed by atoms with E-state index in [0.29, 0.717) is 16.6 Å². The quantitative estimate of drug-likeness (QED) is 0.642. The zero-order chi connectivity index (χ0) is 18.4. The lowest BCUT2D eigenvalue weighted by molar-refractivity contribution is -0.149. The van der Waals surface area contributed by atoms with E-state index in [1.165, 1.54) is 11.3 Å². The minimum Gasteiger partial charge on any atom is -0.497 e. The summed E-state index contributed by atoms with van der Waals surface area (Å²) in [5, 5.41) is 3.07. The molecule has 0 atom stereocenters. The lowest BCUT2D eigenvalue weighted by Gasteiger charge is -2.07. The molecule has 0 saturated heterocycles.